The average molecular weight is 270 g/mol. The molecule has 0 spiro atoms. The number of esters is 1. The van der Waals surface area contributed by atoms with E-state index in [9.17, 15) is 4.79 Å². The molecule has 104 valence electrons. The molecule has 0 heterocycles. The Balaban J connectivity index is 2.16. The second-order valence-electron chi connectivity index (χ2n) is 4.57. The zero-order valence-electron chi connectivity index (χ0n) is 12.0. The predicted molar refractivity (Wildman–Crippen MR) is 78.5 cm³/mol. The minimum absolute atomic E-state index is 0.356. The lowest BCUT2D eigenvalue weighted by Gasteiger charge is -2.10. The van der Waals surface area contributed by atoms with E-state index in [1.54, 1.807) is 24.3 Å². The molecule has 0 aliphatic heterocycles. The maximum atomic E-state index is 12.1. The highest BCUT2D eigenvalue weighted by Crippen LogP contribution is 2.23. The van der Waals surface area contributed by atoms with Crippen LogP contribution in [0.1, 0.15) is 28.4 Å². The molecule has 0 N–H and O–H groups in total. The van der Waals surface area contributed by atoms with E-state index < -0.39 is 0 Å². The van der Waals surface area contributed by atoms with Gasteiger partial charge in [-0.1, -0.05) is 18.2 Å². The van der Waals surface area contributed by atoms with E-state index in [4.69, 9.17) is 9.47 Å². The van der Waals surface area contributed by atoms with E-state index in [0.717, 1.165) is 16.9 Å². The largest absolute Gasteiger partial charge is 0.494 e. The van der Waals surface area contributed by atoms with Crippen LogP contribution in [0.15, 0.2) is 42.5 Å². The molecule has 3 nitrogen and oxygen atoms in total. The number of aryl methyl sites for hydroxylation is 2. The summed E-state index contributed by atoms with van der Waals surface area (Å²) in [6.07, 6.45) is 0. The first kappa shape index (κ1) is 14.1. The highest BCUT2D eigenvalue weighted by Gasteiger charge is 2.12. The Morgan fingerprint density at radius 3 is 2.15 bits per heavy atom. The smallest absolute Gasteiger partial charge is 0.343 e. The second kappa shape index (κ2) is 6.24. The van der Waals surface area contributed by atoms with E-state index in [0.29, 0.717) is 17.9 Å². The molecule has 3 heteroatoms. The first-order chi connectivity index (χ1) is 9.61. The summed E-state index contributed by atoms with van der Waals surface area (Å²) in [5, 5.41) is 0. The van der Waals surface area contributed by atoms with Crippen LogP contribution in [0.4, 0.5) is 0 Å². The van der Waals surface area contributed by atoms with Gasteiger partial charge >= 0.3 is 5.97 Å². The summed E-state index contributed by atoms with van der Waals surface area (Å²) >= 11 is 0. The molecule has 0 atom stereocenters. The Labute approximate surface area is 119 Å². The molecule has 0 saturated carbocycles. The molecule has 0 amide bonds. The molecule has 0 saturated heterocycles. The van der Waals surface area contributed by atoms with E-state index in [1.807, 2.05) is 39.0 Å². The Kier molecular flexibility index (Phi) is 4.41. The number of para-hydroxylation sites is 1. The maximum Gasteiger partial charge on any atom is 0.343 e. The van der Waals surface area contributed by atoms with Crippen LogP contribution >= 0.6 is 0 Å². The lowest BCUT2D eigenvalue weighted by atomic mass is 10.1. The van der Waals surface area contributed by atoms with Crippen molar-refractivity contribution in [2.75, 3.05) is 6.61 Å². The Bertz CT molecular complexity index is 580. The molecule has 0 aliphatic carbocycles. The van der Waals surface area contributed by atoms with Crippen LogP contribution in [0.2, 0.25) is 0 Å². The summed E-state index contributed by atoms with van der Waals surface area (Å²) in [5.74, 6) is 1.02. The van der Waals surface area contributed by atoms with Crippen LogP contribution < -0.4 is 9.47 Å². The minimum atomic E-state index is -0.356. The minimum Gasteiger partial charge on any atom is -0.494 e. The standard InChI is InChI=1S/C17H18O3/c1-4-19-15-10-8-14(9-11-15)17(18)20-16-12(2)6-5-7-13(16)3/h5-11H,4H2,1-3H3. The fraction of sp³-hybridized carbons (Fsp3) is 0.235. The lowest BCUT2D eigenvalue weighted by molar-refractivity contribution is 0.0732. The molecular weight excluding hydrogens is 252 g/mol. The number of carbonyl (C=O) groups excluding carboxylic acids is 1. The van der Waals surface area contributed by atoms with Gasteiger partial charge in [-0.15, -0.1) is 0 Å². The quantitative estimate of drug-likeness (QED) is 0.624. The normalized spacial score (nSPS) is 10.2. The number of hydrogen-bond acceptors (Lipinski definition) is 3. The third kappa shape index (κ3) is 3.18. The van der Waals surface area contributed by atoms with E-state index in [2.05, 4.69) is 0 Å². The molecule has 20 heavy (non-hydrogen) atoms. The third-order valence-electron chi connectivity index (χ3n) is 3.00. The molecule has 0 unspecified atom stereocenters. The molecule has 2 rings (SSSR count). The van der Waals surface area contributed by atoms with Gasteiger partial charge in [0.1, 0.15) is 11.5 Å². The lowest BCUT2D eigenvalue weighted by Crippen LogP contribution is -2.10. The molecule has 0 radical (unpaired) electrons. The number of benzene rings is 2. The first-order valence-corrected chi connectivity index (χ1v) is 6.63. The van der Waals surface area contributed by atoms with E-state index >= 15 is 0 Å². The van der Waals surface area contributed by atoms with Gasteiger partial charge in [-0.05, 0) is 56.2 Å². The van der Waals surface area contributed by atoms with Crippen molar-refractivity contribution in [3.05, 3.63) is 59.2 Å². The number of carbonyl (C=O) groups is 1. The highest BCUT2D eigenvalue weighted by molar-refractivity contribution is 5.91. The van der Waals surface area contributed by atoms with E-state index in [1.165, 1.54) is 0 Å². The van der Waals surface area contributed by atoms with Crippen molar-refractivity contribution in [3.63, 3.8) is 0 Å². The fourth-order valence-corrected chi connectivity index (χ4v) is 1.97. The fourth-order valence-electron chi connectivity index (χ4n) is 1.97. The summed E-state index contributed by atoms with van der Waals surface area (Å²) in [6, 6.07) is 12.7. The topological polar surface area (TPSA) is 35.5 Å². The van der Waals surface area contributed by atoms with Gasteiger partial charge in [-0.25, -0.2) is 4.79 Å². The molecular formula is C17H18O3. The van der Waals surface area contributed by atoms with Crippen LogP contribution in [-0.4, -0.2) is 12.6 Å². The Morgan fingerprint density at radius 1 is 1.00 bits per heavy atom. The van der Waals surface area contributed by atoms with Gasteiger partial charge in [-0.3, -0.25) is 0 Å². The molecule has 2 aromatic rings. The summed E-state index contributed by atoms with van der Waals surface area (Å²) in [5.41, 5.74) is 2.41. The third-order valence-corrected chi connectivity index (χ3v) is 3.00. The van der Waals surface area contributed by atoms with Gasteiger partial charge < -0.3 is 9.47 Å². The molecule has 0 aromatic heterocycles. The molecule has 0 bridgehead atoms. The van der Waals surface area contributed by atoms with Crippen molar-refractivity contribution in [2.45, 2.75) is 20.8 Å². The van der Waals surface area contributed by atoms with Crippen molar-refractivity contribution < 1.29 is 14.3 Å². The maximum absolute atomic E-state index is 12.1. The summed E-state index contributed by atoms with van der Waals surface area (Å²) < 4.78 is 10.8. The van der Waals surface area contributed by atoms with Gasteiger partial charge in [0.2, 0.25) is 0 Å². The molecule has 0 fully saturated rings. The predicted octanol–water partition coefficient (Wildman–Crippen LogP) is 3.92. The SMILES string of the molecule is CCOc1ccc(C(=O)Oc2c(C)cccc2C)cc1. The summed E-state index contributed by atoms with van der Waals surface area (Å²) in [4.78, 5) is 12.1. The molecule has 2 aromatic carbocycles. The number of rotatable bonds is 4. The molecule has 0 aliphatic rings. The van der Waals surface area contributed by atoms with Crippen molar-refractivity contribution >= 4 is 5.97 Å². The number of hydrogen-bond donors (Lipinski definition) is 0. The summed E-state index contributed by atoms with van der Waals surface area (Å²) in [7, 11) is 0. The number of ether oxygens (including phenoxy) is 2. The van der Waals surface area contributed by atoms with Crippen molar-refractivity contribution in [1.29, 1.82) is 0 Å². The van der Waals surface area contributed by atoms with Crippen LogP contribution in [0.25, 0.3) is 0 Å². The van der Waals surface area contributed by atoms with Crippen molar-refractivity contribution in [2.24, 2.45) is 0 Å². The van der Waals surface area contributed by atoms with Crippen molar-refractivity contribution in [3.8, 4) is 11.5 Å². The zero-order valence-corrected chi connectivity index (χ0v) is 12.0. The average Bonchev–Trinajstić information content (AvgIpc) is 2.44. The van der Waals surface area contributed by atoms with Crippen LogP contribution in [0.5, 0.6) is 11.5 Å². The Hall–Kier alpha value is -2.29. The van der Waals surface area contributed by atoms with Gasteiger partial charge in [0.25, 0.3) is 0 Å². The van der Waals surface area contributed by atoms with Crippen LogP contribution in [-0.2, 0) is 0 Å². The van der Waals surface area contributed by atoms with Crippen molar-refractivity contribution in [1.82, 2.24) is 0 Å². The second-order valence-corrected chi connectivity index (χ2v) is 4.57. The zero-order chi connectivity index (χ0) is 14.5. The monoisotopic (exact) mass is 270 g/mol. The van der Waals surface area contributed by atoms with E-state index in [-0.39, 0.29) is 5.97 Å². The Morgan fingerprint density at radius 2 is 1.60 bits per heavy atom. The summed E-state index contributed by atoms with van der Waals surface area (Å²) in [6.45, 7) is 6.37. The first-order valence-electron chi connectivity index (χ1n) is 6.63. The van der Waals surface area contributed by atoms with Gasteiger partial charge in [0.15, 0.2) is 0 Å². The van der Waals surface area contributed by atoms with Gasteiger partial charge in [0, 0.05) is 0 Å². The van der Waals surface area contributed by atoms with Gasteiger partial charge in [0.05, 0.1) is 12.2 Å². The van der Waals surface area contributed by atoms with Gasteiger partial charge in [-0.2, -0.15) is 0 Å². The van der Waals surface area contributed by atoms with Crippen LogP contribution in [0, 0.1) is 13.8 Å². The van der Waals surface area contributed by atoms with Crippen LogP contribution in [0.3, 0.4) is 0 Å². The highest BCUT2D eigenvalue weighted by atomic mass is 16.5.